The molecule has 0 aromatic carbocycles. The SMILES string of the molecule is C[C@]12CC[C@H](O)CC1=CC[C@@H]1[C@@H]2CC[C@]2(C)C(c3ccc(N4CCN(CC5CC5)CC4)nc3)=CC[C@@H]12. The number of hydrogen-bond acceptors (Lipinski definition) is 4. The van der Waals surface area contributed by atoms with Gasteiger partial charge in [-0.1, -0.05) is 31.6 Å². The largest absolute Gasteiger partial charge is 0.393 e. The van der Waals surface area contributed by atoms with Crippen LogP contribution in [-0.4, -0.2) is 53.8 Å². The van der Waals surface area contributed by atoms with Gasteiger partial charge in [-0.15, -0.1) is 0 Å². The fraction of sp³-hybridized carbons (Fsp3) is 0.719. The van der Waals surface area contributed by atoms with E-state index in [1.807, 2.05) is 0 Å². The molecule has 7 rings (SSSR count). The summed E-state index contributed by atoms with van der Waals surface area (Å²) in [5.74, 6) is 4.45. The van der Waals surface area contributed by atoms with Crippen molar-refractivity contribution in [1.82, 2.24) is 9.88 Å². The molecule has 0 bridgehead atoms. The Labute approximate surface area is 217 Å². The van der Waals surface area contributed by atoms with Crippen LogP contribution in [0.3, 0.4) is 0 Å². The molecule has 3 saturated carbocycles. The molecule has 2 heterocycles. The number of hydrogen-bond donors (Lipinski definition) is 1. The summed E-state index contributed by atoms with van der Waals surface area (Å²) < 4.78 is 0. The fourth-order valence-corrected chi connectivity index (χ4v) is 9.21. The molecule has 1 aromatic heterocycles. The predicted molar refractivity (Wildman–Crippen MR) is 147 cm³/mol. The van der Waals surface area contributed by atoms with Gasteiger partial charge in [0.2, 0.25) is 0 Å². The molecule has 4 fully saturated rings. The average molecular weight is 488 g/mol. The number of anilines is 1. The first-order chi connectivity index (χ1) is 17.4. The summed E-state index contributed by atoms with van der Waals surface area (Å²) in [5.41, 5.74) is 5.09. The van der Waals surface area contributed by atoms with Gasteiger partial charge >= 0.3 is 0 Å². The maximum atomic E-state index is 10.3. The number of piperazine rings is 1. The van der Waals surface area contributed by atoms with Crippen LogP contribution in [0, 0.1) is 34.5 Å². The third-order valence-corrected chi connectivity index (χ3v) is 11.6. The van der Waals surface area contributed by atoms with E-state index in [-0.39, 0.29) is 11.5 Å². The molecule has 1 aromatic rings. The van der Waals surface area contributed by atoms with Gasteiger partial charge in [0.05, 0.1) is 6.10 Å². The van der Waals surface area contributed by atoms with Gasteiger partial charge < -0.3 is 10.0 Å². The van der Waals surface area contributed by atoms with Gasteiger partial charge in [-0.25, -0.2) is 4.98 Å². The molecule has 0 amide bonds. The van der Waals surface area contributed by atoms with Gasteiger partial charge in [0.1, 0.15) is 5.82 Å². The highest BCUT2D eigenvalue weighted by Crippen LogP contribution is 2.66. The molecule has 6 aliphatic rings. The van der Waals surface area contributed by atoms with Crippen LogP contribution in [0.5, 0.6) is 0 Å². The summed E-state index contributed by atoms with van der Waals surface area (Å²) >= 11 is 0. The molecule has 36 heavy (non-hydrogen) atoms. The summed E-state index contributed by atoms with van der Waals surface area (Å²) in [7, 11) is 0. The van der Waals surface area contributed by atoms with Crippen molar-refractivity contribution in [3.05, 3.63) is 41.6 Å². The average Bonchev–Trinajstić information content (AvgIpc) is 3.63. The molecule has 5 aliphatic carbocycles. The third kappa shape index (κ3) is 3.81. The molecular formula is C32H45N3O. The van der Waals surface area contributed by atoms with E-state index in [9.17, 15) is 5.11 Å². The number of aromatic nitrogens is 1. The van der Waals surface area contributed by atoms with Crippen molar-refractivity contribution in [3.63, 3.8) is 0 Å². The normalized spacial score (nSPS) is 40.7. The molecule has 1 saturated heterocycles. The molecule has 0 unspecified atom stereocenters. The molecule has 4 nitrogen and oxygen atoms in total. The van der Waals surface area contributed by atoms with E-state index in [0.717, 1.165) is 55.4 Å². The zero-order valence-corrected chi connectivity index (χ0v) is 22.5. The Bertz CT molecular complexity index is 1050. The van der Waals surface area contributed by atoms with Crippen molar-refractivity contribution in [1.29, 1.82) is 0 Å². The van der Waals surface area contributed by atoms with Crippen LogP contribution < -0.4 is 4.90 Å². The second-order valence-corrected chi connectivity index (χ2v) is 13.6. The van der Waals surface area contributed by atoms with Crippen molar-refractivity contribution in [2.24, 2.45) is 34.5 Å². The lowest BCUT2D eigenvalue weighted by molar-refractivity contribution is -0.0238. The molecular weight excluding hydrogens is 442 g/mol. The zero-order valence-electron chi connectivity index (χ0n) is 22.5. The summed E-state index contributed by atoms with van der Waals surface area (Å²) in [6.07, 6.45) is 18.2. The van der Waals surface area contributed by atoms with E-state index in [2.05, 4.69) is 54.1 Å². The van der Waals surface area contributed by atoms with Crippen LogP contribution in [0.4, 0.5) is 5.82 Å². The first-order valence-electron chi connectivity index (χ1n) is 15.0. The van der Waals surface area contributed by atoms with Crippen LogP contribution in [0.15, 0.2) is 36.1 Å². The Balaban J connectivity index is 1.05. The summed E-state index contributed by atoms with van der Waals surface area (Å²) in [6, 6.07) is 4.66. The third-order valence-electron chi connectivity index (χ3n) is 11.6. The molecule has 6 atom stereocenters. The molecule has 0 radical (unpaired) electrons. The standard InChI is InChI=1S/C32H45N3O/c1-31-13-11-25(36)19-24(31)6-7-26-28-9-8-27(32(28,2)14-12-29(26)31)23-5-10-30(33-20-23)35-17-15-34(16-18-35)21-22-3-4-22/h5-6,8,10,20,22,25-26,28-29,36H,3-4,7,9,11-19,21H2,1-2H3/t25-,26-,28-,29-,31-,32+/m0/s1. The van der Waals surface area contributed by atoms with E-state index >= 15 is 0 Å². The topological polar surface area (TPSA) is 39.6 Å². The smallest absolute Gasteiger partial charge is 0.128 e. The minimum absolute atomic E-state index is 0.114. The van der Waals surface area contributed by atoms with Crippen LogP contribution in [0.25, 0.3) is 5.57 Å². The number of nitrogens with zero attached hydrogens (tertiary/aromatic N) is 3. The number of fused-ring (bicyclic) bond motifs is 5. The maximum absolute atomic E-state index is 10.3. The fourth-order valence-electron chi connectivity index (χ4n) is 9.21. The lowest BCUT2D eigenvalue weighted by atomic mass is 9.47. The lowest BCUT2D eigenvalue weighted by Gasteiger charge is -2.57. The van der Waals surface area contributed by atoms with Gasteiger partial charge in [-0.05, 0) is 116 Å². The number of aliphatic hydroxyl groups is 1. The van der Waals surface area contributed by atoms with Gasteiger partial charge in [-0.2, -0.15) is 0 Å². The highest BCUT2D eigenvalue weighted by atomic mass is 16.3. The minimum Gasteiger partial charge on any atom is -0.393 e. The monoisotopic (exact) mass is 487 g/mol. The van der Waals surface area contributed by atoms with Crippen LogP contribution in [-0.2, 0) is 0 Å². The van der Waals surface area contributed by atoms with Crippen molar-refractivity contribution < 1.29 is 5.11 Å². The van der Waals surface area contributed by atoms with Crippen molar-refractivity contribution >= 4 is 11.4 Å². The molecule has 1 aliphatic heterocycles. The quantitative estimate of drug-likeness (QED) is 0.534. The van der Waals surface area contributed by atoms with Gasteiger partial charge in [-0.3, -0.25) is 4.90 Å². The second-order valence-electron chi connectivity index (χ2n) is 13.6. The predicted octanol–water partition coefficient (Wildman–Crippen LogP) is 5.93. The van der Waals surface area contributed by atoms with E-state index in [1.54, 1.807) is 11.1 Å². The van der Waals surface area contributed by atoms with Crippen molar-refractivity contribution in [2.75, 3.05) is 37.6 Å². The maximum Gasteiger partial charge on any atom is 0.128 e. The van der Waals surface area contributed by atoms with Crippen LogP contribution in [0.1, 0.15) is 77.2 Å². The highest BCUT2D eigenvalue weighted by molar-refractivity contribution is 5.73. The number of pyridine rings is 1. The Morgan fingerprint density at radius 2 is 1.72 bits per heavy atom. The molecule has 194 valence electrons. The number of rotatable bonds is 4. The first kappa shape index (κ1) is 23.5. The highest BCUT2D eigenvalue weighted by Gasteiger charge is 2.56. The van der Waals surface area contributed by atoms with Crippen LogP contribution in [0.2, 0.25) is 0 Å². The number of aliphatic hydroxyl groups excluding tert-OH is 1. The first-order valence-corrected chi connectivity index (χ1v) is 15.0. The summed E-state index contributed by atoms with van der Waals surface area (Å²) in [6.45, 7) is 11.0. The molecule has 0 spiro atoms. The second kappa shape index (κ2) is 8.70. The van der Waals surface area contributed by atoms with Gasteiger partial charge in [0.25, 0.3) is 0 Å². The van der Waals surface area contributed by atoms with Crippen LogP contribution >= 0.6 is 0 Å². The Kier molecular flexibility index (Phi) is 5.67. The van der Waals surface area contributed by atoms with Crippen molar-refractivity contribution in [2.45, 2.75) is 77.7 Å². The van der Waals surface area contributed by atoms with E-state index < -0.39 is 0 Å². The molecule has 1 N–H and O–H groups in total. The lowest BCUT2D eigenvalue weighted by Crippen LogP contribution is -2.49. The minimum atomic E-state index is -0.114. The Morgan fingerprint density at radius 3 is 2.47 bits per heavy atom. The zero-order chi connectivity index (χ0) is 24.5. The van der Waals surface area contributed by atoms with E-state index in [4.69, 9.17) is 4.98 Å². The van der Waals surface area contributed by atoms with E-state index in [1.165, 1.54) is 70.1 Å². The van der Waals surface area contributed by atoms with Gasteiger partial charge in [0.15, 0.2) is 0 Å². The summed E-state index contributed by atoms with van der Waals surface area (Å²) in [4.78, 5) is 10.1. The van der Waals surface area contributed by atoms with Gasteiger partial charge in [0, 0.05) is 38.9 Å². The summed E-state index contributed by atoms with van der Waals surface area (Å²) in [5, 5.41) is 10.3. The Hall–Kier alpha value is -1.65. The van der Waals surface area contributed by atoms with E-state index in [0.29, 0.717) is 5.41 Å². The van der Waals surface area contributed by atoms with Crippen molar-refractivity contribution in [3.8, 4) is 0 Å². The Morgan fingerprint density at radius 1 is 0.917 bits per heavy atom. The molecule has 4 heteroatoms. The number of allylic oxidation sites excluding steroid dienone is 3.